The van der Waals surface area contributed by atoms with Gasteiger partial charge in [0, 0.05) is 18.1 Å². The van der Waals surface area contributed by atoms with Gasteiger partial charge in [0.25, 0.3) is 0 Å². The Morgan fingerprint density at radius 2 is 1.52 bits per heavy atom. The van der Waals surface area contributed by atoms with Crippen molar-refractivity contribution in [2.45, 2.75) is 0 Å². The highest BCUT2D eigenvalue weighted by Gasteiger charge is 2.12. The normalized spacial score (nSPS) is 10.4. The Hall–Kier alpha value is -4.00. The molecule has 0 saturated heterocycles. The minimum absolute atomic E-state index is 0.466. The second-order valence-electron chi connectivity index (χ2n) is 5.37. The number of nitrogens with zero attached hydrogens (tertiary/aromatic N) is 2. The first kappa shape index (κ1) is 17.8. The number of nitrogens with one attached hydrogen (secondary N) is 2. The van der Waals surface area contributed by atoms with Gasteiger partial charge in [-0.05, 0) is 54.1 Å². The van der Waals surface area contributed by atoms with Crippen LogP contribution in [0.1, 0.15) is 5.56 Å². The van der Waals surface area contributed by atoms with Gasteiger partial charge in [-0.3, -0.25) is 14.6 Å². The van der Waals surface area contributed by atoms with Gasteiger partial charge in [0.15, 0.2) is 0 Å². The summed E-state index contributed by atoms with van der Waals surface area (Å²) in [5.74, 6) is -0.366. The molecule has 0 aliphatic heterocycles. The van der Waals surface area contributed by atoms with Crippen molar-refractivity contribution in [1.82, 2.24) is 10.4 Å². The van der Waals surface area contributed by atoms with Crippen LogP contribution in [0.2, 0.25) is 0 Å². The van der Waals surface area contributed by atoms with Gasteiger partial charge < -0.3 is 10.1 Å². The maximum absolute atomic E-state index is 11.9. The fourth-order valence-electron chi connectivity index (χ4n) is 2.08. The highest BCUT2D eigenvalue weighted by atomic mass is 16.5. The first-order valence-corrected chi connectivity index (χ1v) is 8.08. The summed E-state index contributed by atoms with van der Waals surface area (Å²) in [7, 11) is 0. The van der Waals surface area contributed by atoms with Gasteiger partial charge in [0.05, 0.1) is 6.21 Å². The number of benzene rings is 2. The van der Waals surface area contributed by atoms with Crippen LogP contribution in [0.4, 0.5) is 5.69 Å². The van der Waals surface area contributed by atoms with Crippen molar-refractivity contribution in [3.8, 4) is 11.5 Å². The Morgan fingerprint density at radius 1 is 0.852 bits per heavy atom. The number of anilines is 1. The van der Waals surface area contributed by atoms with E-state index in [1.54, 1.807) is 48.8 Å². The van der Waals surface area contributed by atoms with Crippen LogP contribution in [-0.2, 0) is 9.59 Å². The van der Waals surface area contributed by atoms with Crippen molar-refractivity contribution in [1.29, 1.82) is 0 Å². The van der Waals surface area contributed by atoms with Crippen LogP contribution in [0, 0.1) is 0 Å². The minimum Gasteiger partial charge on any atom is -0.457 e. The molecule has 3 rings (SSSR count). The van der Waals surface area contributed by atoms with E-state index in [2.05, 4.69) is 20.8 Å². The SMILES string of the molecule is O=C(N/N=C\c1ccncc1)C(=O)Nc1ccc(Oc2ccccc2)cc1. The number of carbonyl (C=O) groups excluding carboxylic acids is 2. The van der Waals surface area contributed by atoms with E-state index in [1.807, 2.05) is 30.3 Å². The summed E-state index contributed by atoms with van der Waals surface area (Å²) in [5.41, 5.74) is 3.38. The second-order valence-corrected chi connectivity index (χ2v) is 5.37. The lowest BCUT2D eigenvalue weighted by atomic mass is 10.3. The van der Waals surface area contributed by atoms with E-state index in [0.717, 1.165) is 5.56 Å². The van der Waals surface area contributed by atoms with Crippen molar-refractivity contribution in [3.63, 3.8) is 0 Å². The van der Waals surface area contributed by atoms with Crippen LogP contribution in [0.5, 0.6) is 11.5 Å². The molecule has 0 aliphatic carbocycles. The summed E-state index contributed by atoms with van der Waals surface area (Å²) < 4.78 is 5.67. The first-order valence-electron chi connectivity index (χ1n) is 8.08. The lowest BCUT2D eigenvalue weighted by molar-refractivity contribution is -0.136. The quantitative estimate of drug-likeness (QED) is 0.416. The third-order valence-corrected chi connectivity index (χ3v) is 3.38. The van der Waals surface area contributed by atoms with E-state index in [4.69, 9.17) is 4.74 Å². The minimum atomic E-state index is -0.870. The van der Waals surface area contributed by atoms with Crippen molar-refractivity contribution in [3.05, 3.63) is 84.7 Å². The Kier molecular flexibility index (Phi) is 5.88. The van der Waals surface area contributed by atoms with Crippen molar-refractivity contribution >= 4 is 23.7 Å². The van der Waals surface area contributed by atoms with Gasteiger partial charge in [-0.25, -0.2) is 5.43 Å². The average Bonchev–Trinajstić information content (AvgIpc) is 2.71. The van der Waals surface area contributed by atoms with Gasteiger partial charge in [0.1, 0.15) is 11.5 Å². The number of hydrogen-bond acceptors (Lipinski definition) is 5. The van der Waals surface area contributed by atoms with E-state index >= 15 is 0 Å². The van der Waals surface area contributed by atoms with Gasteiger partial charge in [-0.2, -0.15) is 5.10 Å². The fraction of sp³-hybridized carbons (Fsp3) is 0. The monoisotopic (exact) mass is 360 g/mol. The molecule has 2 N–H and O–H groups in total. The number of carbonyl (C=O) groups is 2. The molecule has 0 atom stereocenters. The zero-order valence-electron chi connectivity index (χ0n) is 14.2. The topological polar surface area (TPSA) is 92.7 Å². The maximum atomic E-state index is 11.9. The Balaban J connectivity index is 1.51. The standard InChI is InChI=1S/C20H16N4O3/c25-19(20(26)24-22-14-15-10-12-21-13-11-15)23-16-6-8-18(9-7-16)27-17-4-2-1-3-5-17/h1-14H,(H,23,25)(H,24,26)/b22-14-. The van der Waals surface area contributed by atoms with Crippen LogP contribution in [0.25, 0.3) is 0 Å². The number of pyridine rings is 1. The average molecular weight is 360 g/mol. The third kappa shape index (κ3) is 5.50. The van der Waals surface area contributed by atoms with Gasteiger partial charge in [0.2, 0.25) is 0 Å². The molecule has 0 radical (unpaired) electrons. The largest absolute Gasteiger partial charge is 0.457 e. The highest BCUT2D eigenvalue weighted by molar-refractivity contribution is 6.39. The van der Waals surface area contributed by atoms with Gasteiger partial charge in [-0.1, -0.05) is 18.2 Å². The van der Waals surface area contributed by atoms with Crippen LogP contribution < -0.4 is 15.5 Å². The summed E-state index contributed by atoms with van der Waals surface area (Å²) in [6.07, 6.45) is 4.62. The van der Waals surface area contributed by atoms with Crippen LogP contribution in [0.15, 0.2) is 84.2 Å². The molecule has 0 saturated carbocycles. The smallest absolute Gasteiger partial charge is 0.329 e. The van der Waals surface area contributed by atoms with Crippen molar-refractivity contribution in [2.75, 3.05) is 5.32 Å². The summed E-state index contributed by atoms with van der Waals surface area (Å²) >= 11 is 0. The third-order valence-electron chi connectivity index (χ3n) is 3.38. The molecule has 134 valence electrons. The number of para-hydroxylation sites is 1. The van der Waals surface area contributed by atoms with Gasteiger partial charge in [-0.15, -0.1) is 0 Å². The molecule has 1 heterocycles. The van der Waals surface area contributed by atoms with E-state index < -0.39 is 11.8 Å². The molecule has 2 aromatic carbocycles. The van der Waals surface area contributed by atoms with Crippen LogP contribution >= 0.6 is 0 Å². The molecule has 27 heavy (non-hydrogen) atoms. The molecule has 3 aromatic rings. The zero-order valence-corrected chi connectivity index (χ0v) is 14.2. The van der Waals surface area contributed by atoms with Crippen molar-refractivity contribution in [2.24, 2.45) is 5.10 Å². The van der Waals surface area contributed by atoms with E-state index in [-0.39, 0.29) is 0 Å². The number of amides is 2. The molecule has 0 fully saturated rings. The molecular formula is C20H16N4O3. The zero-order chi connectivity index (χ0) is 18.9. The van der Waals surface area contributed by atoms with Gasteiger partial charge >= 0.3 is 11.8 Å². The first-order chi connectivity index (χ1) is 13.2. The van der Waals surface area contributed by atoms with Crippen LogP contribution in [0.3, 0.4) is 0 Å². The Labute approximate surface area is 155 Å². The summed E-state index contributed by atoms with van der Waals surface area (Å²) in [6.45, 7) is 0. The molecule has 0 spiro atoms. The molecule has 7 nitrogen and oxygen atoms in total. The molecule has 0 unspecified atom stereocenters. The molecule has 1 aromatic heterocycles. The van der Waals surface area contributed by atoms with Crippen LogP contribution in [-0.4, -0.2) is 23.0 Å². The number of hydrazone groups is 1. The molecule has 0 aliphatic rings. The van der Waals surface area contributed by atoms with E-state index in [0.29, 0.717) is 17.2 Å². The lowest BCUT2D eigenvalue weighted by Gasteiger charge is -2.07. The number of rotatable bonds is 5. The summed E-state index contributed by atoms with van der Waals surface area (Å²) in [5, 5.41) is 6.22. The van der Waals surface area contributed by atoms with E-state index in [9.17, 15) is 9.59 Å². The predicted octanol–water partition coefficient (Wildman–Crippen LogP) is 2.96. The number of hydrogen-bond donors (Lipinski definition) is 2. The molecule has 2 amide bonds. The fourth-order valence-corrected chi connectivity index (χ4v) is 2.08. The Bertz CT molecular complexity index is 926. The molecule has 0 bridgehead atoms. The van der Waals surface area contributed by atoms with E-state index in [1.165, 1.54) is 6.21 Å². The summed E-state index contributed by atoms with van der Waals surface area (Å²) in [4.78, 5) is 27.5. The maximum Gasteiger partial charge on any atom is 0.329 e. The molecular weight excluding hydrogens is 344 g/mol. The summed E-state index contributed by atoms with van der Waals surface area (Å²) in [6, 6.07) is 19.4. The number of ether oxygens (including phenoxy) is 1. The predicted molar refractivity (Wildman–Crippen MR) is 102 cm³/mol. The highest BCUT2D eigenvalue weighted by Crippen LogP contribution is 2.22. The number of aromatic nitrogens is 1. The Morgan fingerprint density at radius 3 is 2.22 bits per heavy atom. The molecule has 7 heteroatoms. The second kappa shape index (κ2) is 8.91. The lowest BCUT2D eigenvalue weighted by Crippen LogP contribution is -2.32. The van der Waals surface area contributed by atoms with Crippen molar-refractivity contribution < 1.29 is 14.3 Å².